The van der Waals surface area contributed by atoms with E-state index in [4.69, 9.17) is 13.9 Å². The first kappa shape index (κ1) is 17.8. The van der Waals surface area contributed by atoms with E-state index in [9.17, 15) is 14.7 Å². The number of aliphatic carboxylic acids is 1. The minimum absolute atomic E-state index is 0.170. The normalized spacial score (nSPS) is 16.2. The molecule has 0 saturated carbocycles. The number of benzene rings is 1. The summed E-state index contributed by atoms with van der Waals surface area (Å²) in [5.74, 6) is -0.377. The zero-order chi connectivity index (χ0) is 18.7. The molecule has 1 aliphatic rings. The molecule has 1 saturated heterocycles. The second kappa shape index (κ2) is 7.11. The standard InChI is InChI=1S/C19H21NO6/c1-13-3-5-14(6-4-13)26-19(18(22)23)9-11-20(12-10-19)17(21)15-7-8-16(24-2)25-15/h3-8H,9-12H2,1-2H3,(H,22,23). The molecule has 1 N–H and O–H groups in total. The third-order valence-corrected chi connectivity index (χ3v) is 4.58. The summed E-state index contributed by atoms with van der Waals surface area (Å²) in [6.45, 7) is 2.48. The van der Waals surface area contributed by atoms with E-state index in [1.807, 2.05) is 19.1 Å². The van der Waals surface area contributed by atoms with Crippen LogP contribution in [0.15, 0.2) is 40.8 Å². The smallest absolute Gasteiger partial charge is 0.348 e. The fraction of sp³-hybridized carbons (Fsp3) is 0.368. The van der Waals surface area contributed by atoms with Crippen LogP contribution in [-0.2, 0) is 4.79 Å². The Bertz CT molecular complexity index is 787. The van der Waals surface area contributed by atoms with Gasteiger partial charge in [-0.25, -0.2) is 4.79 Å². The number of amides is 1. The number of carbonyl (C=O) groups is 2. The lowest BCUT2D eigenvalue weighted by Crippen LogP contribution is -2.54. The summed E-state index contributed by atoms with van der Waals surface area (Å²) in [7, 11) is 1.46. The van der Waals surface area contributed by atoms with Crippen molar-refractivity contribution < 1.29 is 28.6 Å². The van der Waals surface area contributed by atoms with Crippen LogP contribution in [0.5, 0.6) is 11.7 Å². The lowest BCUT2D eigenvalue weighted by Gasteiger charge is -2.38. The maximum atomic E-state index is 12.5. The van der Waals surface area contributed by atoms with Gasteiger partial charge in [-0.05, 0) is 25.1 Å². The number of carboxylic acid groups (broad SMARTS) is 1. The number of ether oxygens (including phenoxy) is 2. The number of rotatable bonds is 5. The molecule has 7 nitrogen and oxygen atoms in total. The number of hydrogen-bond acceptors (Lipinski definition) is 5. The van der Waals surface area contributed by atoms with Crippen molar-refractivity contribution in [2.45, 2.75) is 25.4 Å². The molecule has 26 heavy (non-hydrogen) atoms. The maximum Gasteiger partial charge on any atom is 0.348 e. The molecule has 0 radical (unpaired) electrons. The van der Waals surface area contributed by atoms with Crippen molar-refractivity contribution in [2.75, 3.05) is 20.2 Å². The Balaban J connectivity index is 1.69. The Hall–Kier alpha value is -2.96. The molecule has 138 valence electrons. The van der Waals surface area contributed by atoms with Gasteiger partial charge >= 0.3 is 5.97 Å². The van der Waals surface area contributed by atoms with Gasteiger partial charge in [0.1, 0.15) is 5.75 Å². The minimum Gasteiger partial charge on any atom is -0.478 e. The molecule has 1 fully saturated rings. The van der Waals surface area contributed by atoms with E-state index in [-0.39, 0.29) is 43.5 Å². The molecular weight excluding hydrogens is 338 g/mol. The fourth-order valence-corrected chi connectivity index (χ4v) is 2.96. The molecule has 0 atom stereocenters. The van der Waals surface area contributed by atoms with E-state index in [1.165, 1.54) is 7.11 Å². The van der Waals surface area contributed by atoms with Gasteiger partial charge in [0.25, 0.3) is 11.9 Å². The molecule has 1 aliphatic heterocycles. The summed E-state index contributed by atoms with van der Waals surface area (Å²) in [5, 5.41) is 9.72. The van der Waals surface area contributed by atoms with E-state index in [1.54, 1.807) is 29.2 Å². The highest BCUT2D eigenvalue weighted by Gasteiger charge is 2.45. The van der Waals surface area contributed by atoms with Crippen LogP contribution in [-0.4, -0.2) is 47.7 Å². The summed E-state index contributed by atoms with van der Waals surface area (Å²) in [6.07, 6.45) is 0.388. The van der Waals surface area contributed by atoms with Crippen molar-refractivity contribution in [3.8, 4) is 11.7 Å². The number of methoxy groups -OCH3 is 1. The molecule has 0 spiro atoms. The van der Waals surface area contributed by atoms with E-state index < -0.39 is 11.6 Å². The number of likely N-dealkylation sites (tertiary alicyclic amines) is 1. The second-order valence-electron chi connectivity index (χ2n) is 6.33. The average molecular weight is 359 g/mol. The first-order valence-electron chi connectivity index (χ1n) is 8.36. The molecular formula is C19H21NO6. The molecule has 7 heteroatoms. The molecule has 2 heterocycles. The topological polar surface area (TPSA) is 89.2 Å². The van der Waals surface area contributed by atoms with E-state index >= 15 is 0 Å². The monoisotopic (exact) mass is 359 g/mol. The van der Waals surface area contributed by atoms with Crippen LogP contribution in [0.1, 0.15) is 29.0 Å². The third-order valence-electron chi connectivity index (χ3n) is 4.58. The third kappa shape index (κ3) is 3.51. The number of nitrogens with zero attached hydrogens (tertiary/aromatic N) is 1. The van der Waals surface area contributed by atoms with Crippen LogP contribution in [0, 0.1) is 6.92 Å². The number of aryl methyl sites for hydroxylation is 1. The predicted molar refractivity (Wildman–Crippen MR) is 92.6 cm³/mol. The lowest BCUT2D eigenvalue weighted by atomic mass is 9.91. The van der Waals surface area contributed by atoms with Crippen LogP contribution >= 0.6 is 0 Å². The largest absolute Gasteiger partial charge is 0.478 e. The van der Waals surface area contributed by atoms with Crippen molar-refractivity contribution in [3.05, 3.63) is 47.7 Å². The number of piperidine rings is 1. The van der Waals surface area contributed by atoms with Gasteiger partial charge in [-0.1, -0.05) is 17.7 Å². The first-order valence-corrected chi connectivity index (χ1v) is 8.36. The summed E-state index contributed by atoms with van der Waals surface area (Å²) in [4.78, 5) is 25.9. The van der Waals surface area contributed by atoms with Crippen molar-refractivity contribution in [3.63, 3.8) is 0 Å². The quantitative estimate of drug-likeness (QED) is 0.883. The van der Waals surface area contributed by atoms with Crippen LogP contribution < -0.4 is 9.47 Å². The van der Waals surface area contributed by atoms with Crippen molar-refractivity contribution in [1.82, 2.24) is 4.90 Å². The molecule has 2 aromatic rings. The Morgan fingerprint density at radius 2 is 1.77 bits per heavy atom. The highest BCUT2D eigenvalue weighted by molar-refractivity contribution is 5.92. The molecule has 1 aromatic carbocycles. The minimum atomic E-state index is -1.34. The summed E-state index contributed by atoms with van der Waals surface area (Å²) in [6, 6.07) is 10.4. The second-order valence-corrected chi connectivity index (χ2v) is 6.33. The van der Waals surface area contributed by atoms with Gasteiger partial charge in [0, 0.05) is 32.0 Å². The van der Waals surface area contributed by atoms with Crippen LogP contribution in [0.2, 0.25) is 0 Å². The molecule has 0 unspecified atom stereocenters. The van der Waals surface area contributed by atoms with Crippen molar-refractivity contribution in [1.29, 1.82) is 0 Å². The Morgan fingerprint density at radius 3 is 2.31 bits per heavy atom. The van der Waals surface area contributed by atoms with Crippen LogP contribution in [0.25, 0.3) is 0 Å². The van der Waals surface area contributed by atoms with Gasteiger partial charge in [0.15, 0.2) is 5.76 Å². The molecule has 3 rings (SSSR count). The number of hydrogen-bond donors (Lipinski definition) is 1. The van der Waals surface area contributed by atoms with Gasteiger partial charge in [-0.3, -0.25) is 4.79 Å². The SMILES string of the molecule is COc1ccc(C(=O)N2CCC(Oc3ccc(C)cc3)(C(=O)O)CC2)o1. The molecule has 0 aliphatic carbocycles. The van der Waals surface area contributed by atoms with E-state index in [0.29, 0.717) is 5.75 Å². The molecule has 1 amide bonds. The summed E-state index contributed by atoms with van der Waals surface area (Å²) in [5.41, 5.74) is -0.275. The van der Waals surface area contributed by atoms with Crippen LogP contribution in [0.4, 0.5) is 0 Å². The van der Waals surface area contributed by atoms with Crippen molar-refractivity contribution >= 4 is 11.9 Å². The summed E-state index contributed by atoms with van der Waals surface area (Å²) < 4.78 is 16.1. The van der Waals surface area contributed by atoms with E-state index in [2.05, 4.69) is 0 Å². The van der Waals surface area contributed by atoms with Gasteiger partial charge in [-0.15, -0.1) is 0 Å². The summed E-state index contributed by atoms with van der Waals surface area (Å²) >= 11 is 0. The fourth-order valence-electron chi connectivity index (χ4n) is 2.96. The number of carbonyl (C=O) groups excluding carboxylic acids is 1. The maximum absolute atomic E-state index is 12.5. The Kier molecular flexibility index (Phi) is 4.88. The zero-order valence-electron chi connectivity index (χ0n) is 14.7. The van der Waals surface area contributed by atoms with Gasteiger partial charge in [0.05, 0.1) is 7.11 Å². The van der Waals surface area contributed by atoms with Crippen molar-refractivity contribution in [2.24, 2.45) is 0 Å². The first-order chi connectivity index (χ1) is 12.4. The Morgan fingerprint density at radius 1 is 1.12 bits per heavy atom. The van der Waals surface area contributed by atoms with E-state index in [0.717, 1.165) is 5.56 Å². The highest BCUT2D eigenvalue weighted by atomic mass is 16.6. The average Bonchev–Trinajstić information content (AvgIpc) is 3.13. The molecule has 1 aromatic heterocycles. The van der Waals surface area contributed by atoms with Gasteiger partial charge in [0.2, 0.25) is 5.60 Å². The Labute approximate surface area is 151 Å². The predicted octanol–water partition coefficient (Wildman–Crippen LogP) is 2.74. The molecule has 0 bridgehead atoms. The van der Waals surface area contributed by atoms with Gasteiger partial charge < -0.3 is 23.9 Å². The number of furan rings is 1. The van der Waals surface area contributed by atoms with Gasteiger partial charge in [-0.2, -0.15) is 0 Å². The zero-order valence-corrected chi connectivity index (χ0v) is 14.7. The number of carboxylic acids is 1. The van der Waals surface area contributed by atoms with Crippen LogP contribution in [0.3, 0.4) is 0 Å². The lowest BCUT2D eigenvalue weighted by molar-refractivity contribution is -0.159. The highest BCUT2D eigenvalue weighted by Crippen LogP contribution is 2.30.